The van der Waals surface area contributed by atoms with E-state index in [1.165, 1.54) is 0 Å². The van der Waals surface area contributed by atoms with Crippen LogP contribution < -0.4 is 5.73 Å². The summed E-state index contributed by atoms with van der Waals surface area (Å²) in [5.41, 5.74) is 5.36. The highest BCUT2D eigenvalue weighted by molar-refractivity contribution is 8.00. The van der Waals surface area contributed by atoms with E-state index in [9.17, 15) is 9.59 Å². The molecule has 0 radical (unpaired) electrons. The first-order chi connectivity index (χ1) is 8.86. The van der Waals surface area contributed by atoms with E-state index in [2.05, 4.69) is 6.92 Å². The minimum absolute atomic E-state index is 0.0864. The number of ether oxygens (including phenoxy) is 1. The molecule has 3 aliphatic rings. The molecule has 0 aromatic heterocycles. The highest BCUT2D eigenvalue weighted by Crippen LogP contribution is 2.60. The molecule has 1 unspecified atom stereocenters. The Morgan fingerprint density at radius 2 is 2.05 bits per heavy atom. The number of Topliss-reactive ketones (excluding diaryl/α,β-unsaturated/α-hetero) is 2. The maximum Gasteiger partial charge on any atom is 0.206 e. The quantitative estimate of drug-likeness (QED) is 0.682. The maximum atomic E-state index is 12.4. The Labute approximate surface area is 117 Å². The second-order valence-electron chi connectivity index (χ2n) is 6.36. The molecule has 2 aliphatic carbocycles. The van der Waals surface area contributed by atoms with E-state index in [1.807, 2.05) is 18.7 Å². The van der Waals surface area contributed by atoms with E-state index >= 15 is 0 Å². The summed E-state index contributed by atoms with van der Waals surface area (Å²) in [5.74, 6) is 0.574. The average Bonchev–Trinajstić information content (AvgIpc) is 2.87. The number of ketones is 2. The zero-order chi connectivity index (χ0) is 13.9. The summed E-state index contributed by atoms with van der Waals surface area (Å²) < 4.78 is 6.00. The Morgan fingerprint density at radius 1 is 1.32 bits per heavy atom. The topological polar surface area (TPSA) is 69.4 Å². The summed E-state index contributed by atoms with van der Waals surface area (Å²) in [6.45, 7) is 4.74. The first kappa shape index (κ1) is 13.6. The Hall–Kier alpha value is -0.390. The number of rotatable bonds is 0. The molecule has 3 rings (SSSR count). The van der Waals surface area contributed by atoms with E-state index in [1.54, 1.807) is 0 Å². The van der Waals surface area contributed by atoms with Crippen molar-refractivity contribution >= 4 is 23.3 Å². The summed E-state index contributed by atoms with van der Waals surface area (Å²) >= 11 is 1.83. The lowest BCUT2D eigenvalue weighted by Gasteiger charge is -2.59. The fraction of sp³-hybridized carbons (Fsp3) is 0.857. The minimum atomic E-state index is -0.709. The van der Waals surface area contributed by atoms with Crippen LogP contribution >= 0.6 is 11.8 Å². The van der Waals surface area contributed by atoms with Gasteiger partial charge in [-0.3, -0.25) is 9.59 Å². The number of nitrogens with two attached hydrogens (primary N) is 1. The van der Waals surface area contributed by atoms with Crippen LogP contribution in [-0.4, -0.2) is 34.4 Å². The molecule has 0 bridgehead atoms. The van der Waals surface area contributed by atoms with Gasteiger partial charge in [0.15, 0.2) is 5.78 Å². The molecule has 5 heteroatoms. The Morgan fingerprint density at radius 3 is 2.68 bits per heavy atom. The van der Waals surface area contributed by atoms with Crippen molar-refractivity contribution in [3.63, 3.8) is 0 Å². The second kappa shape index (κ2) is 4.06. The van der Waals surface area contributed by atoms with E-state index in [4.69, 9.17) is 10.5 Å². The van der Waals surface area contributed by atoms with Gasteiger partial charge in [-0.05, 0) is 19.3 Å². The number of thioether (sulfide) groups is 1. The van der Waals surface area contributed by atoms with E-state index in [-0.39, 0.29) is 28.8 Å². The van der Waals surface area contributed by atoms with Gasteiger partial charge in [-0.2, -0.15) is 0 Å². The van der Waals surface area contributed by atoms with E-state index in [0.717, 1.165) is 18.8 Å². The molecular formula is C14H21NO3S. The first-order valence-corrected chi connectivity index (χ1v) is 7.99. The predicted molar refractivity (Wildman–Crippen MR) is 73.8 cm³/mol. The zero-order valence-electron chi connectivity index (χ0n) is 11.5. The van der Waals surface area contributed by atoms with Gasteiger partial charge in [0.1, 0.15) is 4.93 Å². The summed E-state index contributed by atoms with van der Waals surface area (Å²) in [7, 11) is 0. The molecule has 1 aliphatic heterocycles. The summed E-state index contributed by atoms with van der Waals surface area (Å²) in [6, 6.07) is 0. The number of carbonyl (C=O) groups excluding carboxylic acids is 2. The molecule has 2 saturated carbocycles. The van der Waals surface area contributed by atoms with Crippen LogP contribution in [0.3, 0.4) is 0 Å². The van der Waals surface area contributed by atoms with Crippen LogP contribution in [0.2, 0.25) is 0 Å². The lowest BCUT2D eigenvalue weighted by Crippen LogP contribution is -2.72. The summed E-state index contributed by atoms with van der Waals surface area (Å²) in [6.07, 6.45) is 2.36. The van der Waals surface area contributed by atoms with Crippen molar-refractivity contribution in [2.75, 3.05) is 12.4 Å². The van der Waals surface area contributed by atoms with Gasteiger partial charge >= 0.3 is 0 Å². The Balaban J connectivity index is 2.02. The van der Waals surface area contributed by atoms with Crippen LogP contribution in [0.5, 0.6) is 0 Å². The normalized spacial score (nSPS) is 50.6. The lowest BCUT2D eigenvalue weighted by atomic mass is 9.51. The molecule has 1 spiro atoms. The van der Waals surface area contributed by atoms with Crippen molar-refractivity contribution in [2.45, 2.75) is 50.0 Å². The van der Waals surface area contributed by atoms with Gasteiger partial charge in [0.05, 0.1) is 12.0 Å². The molecule has 1 heterocycles. The predicted octanol–water partition coefficient (Wildman–Crippen LogP) is 1.51. The molecule has 0 aromatic carbocycles. The number of hydrogen-bond donors (Lipinski definition) is 1. The van der Waals surface area contributed by atoms with Crippen molar-refractivity contribution in [1.82, 2.24) is 0 Å². The van der Waals surface area contributed by atoms with Crippen LogP contribution in [0.1, 0.15) is 39.5 Å². The molecule has 3 fully saturated rings. The molecule has 0 aromatic rings. The number of hydrogen-bond acceptors (Lipinski definition) is 5. The minimum Gasteiger partial charge on any atom is -0.363 e. The van der Waals surface area contributed by atoms with Gasteiger partial charge in [0, 0.05) is 23.6 Å². The third-order valence-corrected chi connectivity index (χ3v) is 7.26. The highest BCUT2D eigenvalue weighted by atomic mass is 32.2. The summed E-state index contributed by atoms with van der Waals surface area (Å²) in [4.78, 5) is 23.9. The van der Waals surface area contributed by atoms with Crippen molar-refractivity contribution < 1.29 is 14.3 Å². The molecular weight excluding hydrogens is 262 g/mol. The lowest BCUT2D eigenvalue weighted by molar-refractivity contribution is -0.161. The van der Waals surface area contributed by atoms with E-state index < -0.39 is 11.0 Å². The molecule has 1 saturated heterocycles. The molecule has 19 heavy (non-hydrogen) atoms. The monoisotopic (exact) mass is 283 g/mol. The zero-order valence-corrected chi connectivity index (χ0v) is 12.3. The van der Waals surface area contributed by atoms with Crippen molar-refractivity contribution in [3.05, 3.63) is 0 Å². The average molecular weight is 283 g/mol. The van der Waals surface area contributed by atoms with Crippen molar-refractivity contribution in [1.29, 1.82) is 0 Å². The molecule has 0 amide bonds. The number of carbonyl (C=O) groups is 2. The SMILES string of the molecule is C[C@H]1C2(CC[C@@]3(C)C(=O)C(=O)CC[C@]13N)OCCS2. The Kier molecular flexibility index (Phi) is 2.90. The van der Waals surface area contributed by atoms with Gasteiger partial charge in [-0.15, -0.1) is 11.8 Å². The van der Waals surface area contributed by atoms with Crippen molar-refractivity contribution in [3.8, 4) is 0 Å². The standard InChI is InChI=1S/C14H21NO3S/c1-9-13(15)4-3-10(16)11(17)12(13,2)5-6-14(9)18-7-8-19-14/h9H,3-8,15H2,1-2H3/t9-,12+,13+,14?/m1/s1. The Bertz CT molecular complexity index is 446. The third kappa shape index (κ3) is 1.55. The maximum absolute atomic E-state index is 12.4. The van der Waals surface area contributed by atoms with Crippen molar-refractivity contribution in [2.24, 2.45) is 17.1 Å². The van der Waals surface area contributed by atoms with Gasteiger partial charge in [0.25, 0.3) is 0 Å². The first-order valence-electron chi connectivity index (χ1n) is 7.00. The highest BCUT2D eigenvalue weighted by Gasteiger charge is 2.66. The van der Waals surface area contributed by atoms with Crippen LogP contribution in [0.4, 0.5) is 0 Å². The van der Waals surface area contributed by atoms with Gasteiger partial charge in [0.2, 0.25) is 5.78 Å². The van der Waals surface area contributed by atoms with Gasteiger partial charge in [-0.1, -0.05) is 13.8 Å². The fourth-order valence-electron chi connectivity index (χ4n) is 4.17. The van der Waals surface area contributed by atoms with Crippen LogP contribution in [0, 0.1) is 11.3 Å². The second-order valence-corrected chi connectivity index (χ2v) is 7.74. The summed E-state index contributed by atoms with van der Waals surface area (Å²) in [5, 5.41) is 0. The molecule has 4 atom stereocenters. The fourth-order valence-corrected chi connectivity index (χ4v) is 5.55. The van der Waals surface area contributed by atoms with Gasteiger partial charge < -0.3 is 10.5 Å². The smallest absolute Gasteiger partial charge is 0.206 e. The molecule has 106 valence electrons. The van der Waals surface area contributed by atoms with Gasteiger partial charge in [-0.25, -0.2) is 0 Å². The largest absolute Gasteiger partial charge is 0.363 e. The van der Waals surface area contributed by atoms with Crippen LogP contribution in [0.25, 0.3) is 0 Å². The molecule has 2 N–H and O–H groups in total. The van der Waals surface area contributed by atoms with E-state index in [0.29, 0.717) is 12.8 Å². The number of fused-ring (bicyclic) bond motifs is 1. The third-order valence-electron chi connectivity index (χ3n) is 5.73. The van der Waals surface area contributed by atoms with Crippen LogP contribution in [-0.2, 0) is 14.3 Å². The van der Waals surface area contributed by atoms with Crippen LogP contribution in [0.15, 0.2) is 0 Å². The molecule has 4 nitrogen and oxygen atoms in total.